The van der Waals surface area contributed by atoms with Crippen molar-refractivity contribution in [1.29, 1.82) is 0 Å². The van der Waals surface area contributed by atoms with Gasteiger partial charge in [0.25, 0.3) is 0 Å². The molecule has 16 heavy (non-hydrogen) atoms. The van der Waals surface area contributed by atoms with Crippen LogP contribution in [-0.4, -0.2) is 19.4 Å². The van der Waals surface area contributed by atoms with Gasteiger partial charge in [-0.2, -0.15) is 10.2 Å². The molecule has 0 bridgehead atoms. The van der Waals surface area contributed by atoms with E-state index in [1.54, 1.807) is 11.3 Å². The van der Waals surface area contributed by atoms with E-state index in [9.17, 15) is 0 Å². The summed E-state index contributed by atoms with van der Waals surface area (Å²) >= 11 is 1.76. The lowest BCUT2D eigenvalue weighted by molar-refractivity contribution is 0.740. The standard InChI is InChI=1S/C11H12N4S/c1-7-4-13-15-6-10(16-11(7)15)9-5-12-14(3)8(9)2/h4-6H,1-3H3. The number of nitrogens with zero attached hydrogens (tertiary/aromatic N) is 4. The van der Waals surface area contributed by atoms with Gasteiger partial charge in [0.05, 0.1) is 17.3 Å². The highest BCUT2D eigenvalue weighted by atomic mass is 32.1. The highest BCUT2D eigenvalue weighted by Gasteiger charge is 2.11. The molecule has 5 heteroatoms. The van der Waals surface area contributed by atoms with Gasteiger partial charge in [-0.3, -0.25) is 4.68 Å². The summed E-state index contributed by atoms with van der Waals surface area (Å²) in [5, 5.41) is 8.56. The number of rotatable bonds is 1. The van der Waals surface area contributed by atoms with Crippen molar-refractivity contribution in [2.45, 2.75) is 13.8 Å². The smallest absolute Gasteiger partial charge is 0.122 e. The molecule has 0 aliphatic rings. The summed E-state index contributed by atoms with van der Waals surface area (Å²) in [6.45, 7) is 4.16. The zero-order chi connectivity index (χ0) is 11.3. The molecule has 3 aromatic rings. The Balaban J connectivity index is 2.22. The fraction of sp³-hybridized carbons (Fsp3) is 0.273. The van der Waals surface area contributed by atoms with Crippen LogP contribution in [0.4, 0.5) is 0 Å². The van der Waals surface area contributed by atoms with Crippen LogP contribution in [0.25, 0.3) is 15.3 Å². The molecule has 0 radical (unpaired) electrons. The van der Waals surface area contributed by atoms with E-state index >= 15 is 0 Å². The second-order valence-corrected chi connectivity index (χ2v) is 4.97. The molecule has 3 heterocycles. The largest absolute Gasteiger partial charge is 0.272 e. The average Bonchev–Trinajstić information content (AvgIpc) is 2.88. The summed E-state index contributed by atoms with van der Waals surface area (Å²) in [4.78, 5) is 2.43. The van der Waals surface area contributed by atoms with Gasteiger partial charge in [-0.25, -0.2) is 4.52 Å². The highest BCUT2D eigenvalue weighted by molar-refractivity contribution is 7.20. The Kier molecular flexibility index (Phi) is 1.91. The fourth-order valence-electron chi connectivity index (χ4n) is 1.76. The van der Waals surface area contributed by atoms with E-state index < -0.39 is 0 Å². The molecule has 0 fully saturated rings. The van der Waals surface area contributed by atoms with Gasteiger partial charge < -0.3 is 0 Å². The molecular formula is C11H12N4S. The van der Waals surface area contributed by atoms with Gasteiger partial charge in [0.15, 0.2) is 0 Å². The van der Waals surface area contributed by atoms with Crippen molar-refractivity contribution in [2.75, 3.05) is 0 Å². The molecular weight excluding hydrogens is 220 g/mol. The summed E-state index contributed by atoms with van der Waals surface area (Å²) in [6.07, 6.45) is 5.87. The first-order chi connectivity index (χ1) is 7.66. The van der Waals surface area contributed by atoms with Crippen molar-refractivity contribution in [3.05, 3.63) is 29.8 Å². The third-order valence-corrected chi connectivity index (χ3v) is 4.12. The first-order valence-corrected chi connectivity index (χ1v) is 5.91. The van der Waals surface area contributed by atoms with E-state index in [0.717, 1.165) is 0 Å². The molecule has 0 unspecified atom stereocenters. The molecule has 0 aliphatic heterocycles. The summed E-state index contributed by atoms with van der Waals surface area (Å²) in [7, 11) is 1.96. The van der Waals surface area contributed by atoms with Gasteiger partial charge in [-0.15, -0.1) is 11.3 Å². The minimum absolute atomic E-state index is 1.18. The zero-order valence-corrected chi connectivity index (χ0v) is 10.2. The maximum absolute atomic E-state index is 4.30. The second-order valence-electron chi connectivity index (χ2n) is 3.94. The number of aryl methyl sites for hydroxylation is 2. The van der Waals surface area contributed by atoms with Gasteiger partial charge in [-0.05, 0) is 13.8 Å². The van der Waals surface area contributed by atoms with Crippen molar-refractivity contribution in [3.63, 3.8) is 0 Å². The first-order valence-electron chi connectivity index (χ1n) is 5.09. The second kappa shape index (κ2) is 3.18. The zero-order valence-electron chi connectivity index (χ0n) is 9.43. The Morgan fingerprint density at radius 1 is 1.19 bits per heavy atom. The first kappa shape index (κ1) is 9.59. The summed E-state index contributed by atoms with van der Waals surface area (Å²) in [5.41, 5.74) is 3.59. The molecule has 4 nitrogen and oxygen atoms in total. The molecule has 0 saturated heterocycles. The molecule has 0 amide bonds. The SMILES string of the molecule is Cc1cnn2cc(-c3cnn(C)c3C)sc12. The van der Waals surface area contributed by atoms with Gasteiger partial charge in [0.1, 0.15) is 4.83 Å². The molecule has 3 rings (SSSR count). The maximum Gasteiger partial charge on any atom is 0.122 e. The number of aromatic nitrogens is 4. The van der Waals surface area contributed by atoms with Crippen LogP contribution in [0.2, 0.25) is 0 Å². The van der Waals surface area contributed by atoms with E-state index in [0.29, 0.717) is 0 Å². The Morgan fingerprint density at radius 2 is 2.00 bits per heavy atom. The summed E-state index contributed by atoms with van der Waals surface area (Å²) in [6, 6.07) is 0. The molecule has 0 saturated carbocycles. The lowest BCUT2D eigenvalue weighted by Crippen LogP contribution is -1.92. The average molecular weight is 232 g/mol. The van der Waals surface area contributed by atoms with E-state index in [2.05, 4.69) is 30.2 Å². The van der Waals surface area contributed by atoms with Crippen molar-refractivity contribution < 1.29 is 0 Å². The molecule has 82 valence electrons. The lowest BCUT2D eigenvalue weighted by atomic mass is 10.2. The fourth-order valence-corrected chi connectivity index (χ4v) is 2.84. The minimum Gasteiger partial charge on any atom is -0.272 e. The number of thiazole rings is 1. The third-order valence-electron chi connectivity index (χ3n) is 2.87. The Morgan fingerprint density at radius 3 is 2.62 bits per heavy atom. The van der Waals surface area contributed by atoms with Crippen molar-refractivity contribution in [2.24, 2.45) is 7.05 Å². The third kappa shape index (κ3) is 1.21. The Labute approximate surface area is 97.1 Å². The molecule has 0 atom stereocenters. The summed E-state index contributed by atoms with van der Waals surface area (Å²) in [5.74, 6) is 0. The van der Waals surface area contributed by atoms with E-state index in [1.807, 2.05) is 28.6 Å². The molecule has 0 spiro atoms. The predicted octanol–water partition coefficient (Wildman–Crippen LogP) is 2.41. The molecule has 0 aliphatic carbocycles. The van der Waals surface area contributed by atoms with E-state index in [1.165, 1.54) is 26.5 Å². The topological polar surface area (TPSA) is 35.1 Å². The maximum atomic E-state index is 4.30. The quantitative estimate of drug-likeness (QED) is 0.646. The predicted molar refractivity (Wildman–Crippen MR) is 64.7 cm³/mol. The van der Waals surface area contributed by atoms with Crippen LogP contribution in [0.15, 0.2) is 18.6 Å². The molecule has 0 aromatic carbocycles. The monoisotopic (exact) mass is 232 g/mol. The van der Waals surface area contributed by atoms with Gasteiger partial charge in [0.2, 0.25) is 0 Å². The number of fused-ring (bicyclic) bond motifs is 1. The van der Waals surface area contributed by atoms with Gasteiger partial charge in [-0.1, -0.05) is 0 Å². The summed E-state index contributed by atoms with van der Waals surface area (Å²) < 4.78 is 3.83. The normalized spacial score (nSPS) is 11.4. The van der Waals surface area contributed by atoms with Crippen LogP contribution < -0.4 is 0 Å². The lowest BCUT2D eigenvalue weighted by Gasteiger charge is -1.95. The Bertz CT molecular complexity index is 659. The van der Waals surface area contributed by atoms with Crippen LogP contribution in [0, 0.1) is 13.8 Å². The molecule has 3 aromatic heterocycles. The van der Waals surface area contributed by atoms with Gasteiger partial charge in [0, 0.05) is 30.1 Å². The van der Waals surface area contributed by atoms with Crippen molar-refractivity contribution in [1.82, 2.24) is 19.4 Å². The molecule has 0 N–H and O–H groups in total. The van der Waals surface area contributed by atoms with Gasteiger partial charge >= 0.3 is 0 Å². The van der Waals surface area contributed by atoms with E-state index in [4.69, 9.17) is 0 Å². The van der Waals surface area contributed by atoms with Crippen molar-refractivity contribution >= 4 is 16.2 Å². The Hall–Kier alpha value is -1.62. The van der Waals surface area contributed by atoms with E-state index in [-0.39, 0.29) is 0 Å². The highest BCUT2D eigenvalue weighted by Crippen LogP contribution is 2.31. The van der Waals surface area contributed by atoms with Crippen LogP contribution in [-0.2, 0) is 7.05 Å². The van der Waals surface area contributed by atoms with Crippen LogP contribution >= 0.6 is 11.3 Å². The van der Waals surface area contributed by atoms with Crippen LogP contribution in [0.1, 0.15) is 11.3 Å². The number of hydrogen-bond donors (Lipinski definition) is 0. The minimum atomic E-state index is 1.18. The number of hydrogen-bond acceptors (Lipinski definition) is 3. The van der Waals surface area contributed by atoms with Crippen molar-refractivity contribution in [3.8, 4) is 10.4 Å². The van der Waals surface area contributed by atoms with Crippen LogP contribution in [0.5, 0.6) is 0 Å². The van der Waals surface area contributed by atoms with Crippen LogP contribution in [0.3, 0.4) is 0 Å².